The van der Waals surface area contributed by atoms with Crippen LogP contribution in [0.3, 0.4) is 0 Å². The first kappa shape index (κ1) is 23.2. The van der Waals surface area contributed by atoms with Gasteiger partial charge in [0, 0.05) is 25.2 Å². The van der Waals surface area contributed by atoms with Gasteiger partial charge in [0.25, 0.3) is 0 Å². The van der Waals surface area contributed by atoms with Crippen LogP contribution < -0.4 is 9.47 Å². The second-order valence-corrected chi connectivity index (χ2v) is 6.60. The Labute approximate surface area is 182 Å². The molecule has 0 saturated heterocycles. The van der Waals surface area contributed by atoms with Crippen LogP contribution in [0.4, 0.5) is 13.2 Å². The van der Waals surface area contributed by atoms with Crippen LogP contribution in [0.5, 0.6) is 11.5 Å². The summed E-state index contributed by atoms with van der Waals surface area (Å²) in [5.74, 6) is 0.323. The number of hydrogen-bond acceptors (Lipinski definition) is 6. The van der Waals surface area contributed by atoms with Crippen molar-refractivity contribution in [3.05, 3.63) is 71.4 Å². The molecule has 0 unspecified atom stereocenters. The minimum atomic E-state index is -4.46. The quantitative estimate of drug-likeness (QED) is 0.258. The fraction of sp³-hybridized carbons (Fsp3) is 0.217. The lowest BCUT2D eigenvalue weighted by Gasteiger charge is -2.12. The summed E-state index contributed by atoms with van der Waals surface area (Å²) in [5.41, 5.74) is 0.0664. The number of methoxy groups -OCH3 is 2. The zero-order valence-electron chi connectivity index (χ0n) is 17.3. The number of ether oxygens (including phenoxy) is 4. The molecule has 3 aromatic rings. The number of alkyl halides is 3. The number of ketones is 1. The molecule has 0 amide bonds. The monoisotopic (exact) mass is 447 g/mol. The van der Waals surface area contributed by atoms with Crippen LogP contribution in [0.15, 0.2) is 54.6 Å². The van der Waals surface area contributed by atoms with Crippen molar-refractivity contribution in [1.29, 1.82) is 0 Å². The Morgan fingerprint density at radius 1 is 0.938 bits per heavy atom. The topological polar surface area (TPSA) is 66.9 Å². The first-order valence-electron chi connectivity index (χ1n) is 9.40. The van der Waals surface area contributed by atoms with Gasteiger partial charge in [-0.3, -0.25) is 4.79 Å². The molecule has 0 bridgehead atoms. The largest absolute Gasteiger partial charge is 0.464 e. The number of aromatic nitrogens is 1. The average molecular weight is 447 g/mol. The van der Waals surface area contributed by atoms with E-state index in [0.717, 1.165) is 12.1 Å². The van der Waals surface area contributed by atoms with Crippen molar-refractivity contribution in [2.24, 2.45) is 0 Å². The molecule has 6 nitrogen and oxygen atoms in total. The Kier molecular flexibility index (Phi) is 7.45. The van der Waals surface area contributed by atoms with Gasteiger partial charge in [-0.25, -0.2) is 4.98 Å². The first-order chi connectivity index (χ1) is 15.3. The molecular formula is C23H20F3NO5. The van der Waals surface area contributed by atoms with Crippen molar-refractivity contribution in [3.63, 3.8) is 0 Å². The molecule has 0 spiro atoms. The van der Waals surface area contributed by atoms with Gasteiger partial charge in [-0.2, -0.15) is 13.2 Å². The Morgan fingerprint density at radius 2 is 1.62 bits per heavy atom. The van der Waals surface area contributed by atoms with E-state index < -0.39 is 11.7 Å². The summed E-state index contributed by atoms with van der Waals surface area (Å²) in [4.78, 5) is 16.8. The van der Waals surface area contributed by atoms with Crippen molar-refractivity contribution in [2.75, 3.05) is 27.8 Å². The molecular weight excluding hydrogens is 427 g/mol. The smallest absolute Gasteiger partial charge is 0.416 e. The molecule has 9 heteroatoms. The molecule has 0 fully saturated rings. The molecule has 0 atom stereocenters. The second-order valence-electron chi connectivity index (χ2n) is 6.60. The fourth-order valence-corrected chi connectivity index (χ4v) is 2.80. The SMILES string of the molecule is COCOc1ccc(C(=O)/C=C/c2ccc3ccc(C(F)(F)F)cc3n2)cc1OCOC. The van der Waals surface area contributed by atoms with E-state index in [2.05, 4.69) is 4.98 Å². The Balaban J connectivity index is 1.82. The molecule has 3 rings (SSSR count). The molecule has 0 aliphatic heterocycles. The van der Waals surface area contributed by atoms with Gasteiger partial charge in [-0.05, 0) is 48.6 Å². The third kappa shape index (κ3) is 5.83. The minimum absolute atomic E-state index is 0.000222. The second kappa shape index (κ2) is 10.3. The van der Waals surface area contributed by atoms with Gasteiger partial charge < -0.3 is 18.9 Å². The molecule has 0 radical (unpaired) electrons. The summed E-state index contributed by atoms with van der Waals surface area (Å²) in [6.07, 6.45) is -1.74. The molecule has 1 aromatic heterocycles. The van der Waals surface area contributed by atoms with Crippen LogP contribution >= 0.6 is 0 Å². The normalized spacial score (nSPS) is 11.8. The summed E-state index contributed by atoms with van der Waals surface area (Å²) in [6.45, 7) is -0.0437. The van der Waals surface area contributed by atoms with E-state index in [9.17, 15) is 18.0 Å². The Morgan fingerprint density at radius 3 is 2.31 bits per heavy atom. The number of allylic oxidation sites excluding steroid dienone is 1. The molecule has 1 heterocycles. The van der Waals surface area contributed by atoms with E-state index in [0.29, 0.717) is 28.1 Å². The summed E-state index contributed by atoms with van der Waals surface area (Å²) in [5, 5.41) is 0.563. The van der Waals surface area contributed by atoms with Gasteiger partial charge in [0.1, 0.15) is 0 Å². The van der Waals surface area contributed by atoms with E-state index in [1.165, 1.54) is 38.5 Å². The lowest BCUT2D eigenvalue weighted by Crippen LogP contribution is -2.05. The molecule has 2 aromatic carbocycles. The number of nitrogens with zero attached hydrogens (tertiary/aromatic N) is 1. The fourth-order valence-electron chi connectivity index (χ4n) is 2.80. The summed E-state index contributed by atoms with van der Waals surface area (Å²) < 4.78 is 59.4. The van der Waals surface area contributed by atoms with Crippen molar-refractivity contribution < 1.29 is 36.9 Å². The van der Waals surface area contributed by atoms with Gasteiger partial charge in [0.05, 0.1) is 16.8 Å². The first-order valence-corrected chi connectivity index (χ1v) is 9.40. The van der Waals surface area contributed by atoms with Crippen LogP contribution in [0.25, 0.3) is 17.0 Å². The number of carbonyl (C=O) groups excluding carboxylic acids is 1. The Hall–Kier alpha value is -3.43. The average Bonchev–Trinajstić information content (AvgIpc) is 2.78. The molecule has 0 aliphatic rings. The predicted molar refractivity (Wildman–Crippen MR) is 112 cm³/mol. The number of rotatable bonds is 9. The number of benzene rings is 2. The number of fused-ring (bicyclic) bond motifs is 1. The van der Waals surface area contributed by atoms with Gasteiger partial charge in [-0.1, -0.05) is 12.1 Å². The standard InChI is InChI=1S/C23H20F3NO5/c1-29-13-31-21-10-5-16(11-22(21)32-14-30-2)20(28)9-8-18-7-4-15-3-6-17(23(24,25)26)12-19(15)27-18/h3-12H,13-14H2,1-2H3/b9-8+. The van der Waals surface area contributed by atoms with E-state index in [1.54, 1.807) is 24.3 Å². The van der Waals surface area contributed by atoms with E-state index in [4.69, 9.17) is 18.9 Å². The van der Waals surface area contributed by atoms with Gasteiger partial charge >= 0.3 is 6.18 Å². The zero-order valence-corrected chi connectivity index (χ0v) is 17.3. The van der Waals surface area contributed by atoms with Gasteiger partial charge in [0.2, 0.25) is 0 Å². The lowest BCUT2D eigenvalue weighted by molar-refractivity contribution is -0.137. The van der Waals surface area contributed by atoms with Crippen molar-refractivity contribution in [2.45, 2.75) is 6.18 Å². The number of hydrogen-bond donors (Lipinski definition) is 0. The molecule has 0 saturated carbocycles. The minimum Gasteiger partial charge on any atom is -0.464 e. The highest BCUT2D eigenvalue weighted by Crippen LogP contribution is 2.31. The third-order valence-electron chi connectivity index (χ3n) is 4.34. The van der Waals surface area contributed by atoms with E-state index in [1.807, 2.05) is 0 Å². The van der Waals surface area contributed by atoms with Crippen LogP contribution in [-0.4, -0.2) is 38.6 Å². The highest BCUT2D eigenvalue weighted by atomic mass is 19.4. The summed E-state index contributed by atoms with van der Waals surface area (Å²) >= 11 is 0. The van der Waals surface area contributed by atoms with Crippen LogP contribution in [0.1, 0.15) is 21.6 Å². The van der Waals surface area contributed by atoms with Gasteiger partial charge in [0.15, 0.2) is 30.9 Å². The van der Waals surface area contributed by atoms with Crippen molar-refractivity contribution >= 4 is 22.8 Å². The maximum absolute atomic E-state index is 12.9. The third-order valence-corrected chi connectivity index (χ3v) is 4.34. The maximum Gasteiger partial charge on any atom is 0.416 e. The highest BCUT2D eigenvalue weighted by molar-refractivity contribution is 6.07. The van der Waals surface area contributed by atoms with Crippen LogP contribution in [0, 0.1) is 0 Å². The van der Waals surface area contributed by atoms with Crippen LogP contribution in [0.2, 0.25) is 0 Å². The summed E-state index contributed by atoms with van der Waals surface area (Å²) in [7, 11) is 2.94. The van der Waals surface area contributed by atoms with E-state index in [-0.39, 0.29) is 24.9 Å². The van der Waals surface area contributed by atoms with Gasteiger partial charge in [-0.15, -0.1) is 0 Å². The summed E-state index contributed by atoms with van der Waals surface area (Å²) in [6, 6.07) is 11.2. The zero-order chi connectivity index (χ0) is 23.1. The predicted octanol–water partition coefficient (Wildman–Crippen LogP) is 5.12. The molecule has 0 N–H and O–H groups in total. The lowest BCUT2D eigenvalue weighted by atomic mass is 10.1. The Bertz CT molecular complexity index is 1130. The maximum atomic E-state index is 12.9. The molecule has 32 heavy (non-hydrogen) atoms. The van der Waals surface area contributed by atoms with Crippen molar-refractivity contribution in [1.82, 2.24) is 4.98 Å². The molecule has 0 aliphatic carbocycles. The highest BCUT2D eigenvalue weighted by Gasteiger charge is 2.30. The number of halogens is 3. The van der Waals surface area contributed by atoms with Crippen LogP contribution in [-0.2, 0) is 15.7 Å². The number of pyridine rings is 1. The molecule has 168 valence electrons. The van der Waals surface area contributed by atoms with Crippen molar-refractivity contribution in [3.8, 4) is 11.5 Å². The number of carbonyl (C=O) groups is 1. The van der Waals surface area contributed by atoms with E-state index >= 15 is 0 Å².